The molecule has 2 bridgehead atoms. The van der Waals surface area contributed by atoms with Gasteiger partial charge in [0.2, 0.25) is 0 Å². The van der Waals surface area contributed by atoms with Gasteiger partial charge in [0.1, 0.15) is 0 Å². The molecule has 2 aliphatic carbocycles. The van der Waals surface area contributed by atoms with Crippen LogP contribution in [-0.2, 0) is 0 Å². The number of hydrogen-bond donors (Lipinski definition) is 1. The molecule has 12 heavy (non-hydrogen) atoms. The molecule has 2 aliphatic rings. The highest BCUT2D eigenvalue weighted by molar-refractivity contribution is 9.10. The van der Waals surface area contributed by atoms with E-state index in [0.29, 0.717) is 5.92 Å². The molecular weight excluding hydrogens is 218 g/mol. The van der Waals surface area contributed by atoms with Crippen LogP contribution >= 0.6 is 15.9 Å². The molecule has 2 rings (SSSR count). The average Bonchev–Trinajstić information content (AvgIpc) is 2.34. The highest BCUT2D eigenvalue weighted by atomic mass is 79.9. The Hall–Kier alpha value is -0.0500. The van der Waals surface area contributed by atoms with Crippen molar-refractivity contribution < 1.29 is 5.21 Å². The molecule has 0 aromatic rings. The lowest BCUT2D eigenvalue weighted by Crippen LogP contribution is -2.36. The van der Waals surface area contributed by atoms with Crippen LogP contribution < -0.4 is 0 Å². The predicted octanol–water partition coefficient (Wildman–Crippen LogP) is 2.79. The zero-order valence-electron chi connectivity index (χ0n) is 7.47. The first-order valence-electron chi connectivity index (χ1n) is 4.42. The van der Waals surface area contributed by atoms with Gasteiger partial charge in [-0.1, -0.05) is 34.9 Å². The molecule has 0 saturated heterocycles. The Morgan fingerprint density at radius 1 is 1.58 bits per heavy atom. The second kappa shape index (κ2) is 2.25. The third kappa shape index (κ3) is 0.734. The summed E-state index contributed by atoms with van der Waals surface area (Å²) in [5, 5.41) is 12.3. The van der Waals surface area contributed by atoms with Crippen molar-refractivity contribution in [3.63, 3.8) is 0 Å². The van der Waals surface area contributed by atoms with Crippen LogP contribution in [-0.4, -0.2) is 15.2 Å². The number of nitrogens with zero attached hydrogens (tertiary/aromatic N) is 1. The molecule has 0 spiro atoms. The van der Waals surface area contributed by atoms with Gasteiger partial charge in [0, 0.05) is 0 Å². The van der Waals surface area contributed by atoms with Crippen molar-refractivity contribution in [2.24, 2.45) is 16.5 Å². The number of rotatable bonds is 0. The van der Waals surface area contributed by atoms with Gasteiger partial charge < -0.3 is 5.21 Å². The maximum atomic E-state index is 8.84. The fourth-order valence-corrected chi connectivity index (χ4v) is 3.56. The van der Waals surface area contributed by atoms with Crippen molar-refractivity contribution in [2.75, 3.05) is 0 Å². The number of halogens is 1. The molecule has 0 radical (unpaired) electrons. The minimum atomic E-state index is -0.0145. The van der Waals surface area contributed by atoms with Crippen LogP contribution in [0.25, 0.3) is 0 Å². The summed E-state index contributed by atoms with van der Waals surface area (Å²) in [6.07, 6.45) is 3.34. The van der Waals surface area contributed by atoms with Gasteiger partial charge in [0.25, 0.3) is 0 Å². The Morgan fingerprint density at radius 2 is 2.25 bits per heavy atom. The second-order valence-electron chi connectivity index (χ2n) is 4.51. The lowest BCUT2D eigenvalue weighted by atomic mass is 9.82. The van der Waals surface area contributed by atoms with Crippen molar-refractivity contribution in [3.8, 4) is 0 Å². The zero-order valence-corrected chi connectivity index (χ0v) is 9.06. The molecule has 0 heterocycles. The normalized spacial score (nSPS) is 47.2. The second-order valence-corrected chi connectivity index (χ2v) is 5.86. The highest BCUT2D eigenvalue weighted by Gasteiger charge is 2.61. The smallest absolute Gasteiger partial charge is 0.0746 e. The molecular formula is C9H14BrNO. The van der Waals surface area contributed by atoms with E-state index in [1.165, 1.54) is 6.42 Å². The van der Waals surface area contributed by atoms with E-state index in [4.69, 9.17) is 5.21 Å². The summed E-state index contributed by atoms with van der Waals surface area (Å²) in [6, 6.07) is 0. The Kier molecular flexibility index (Phi) is 1.60. The lowest BCUT2D eigenvalue weighted by molar-refractivity contribution is 0.288. The Balaban J connectivity index is 2.46. The molecule has 0 aromatic carbocycles. The minimum Gasteiger partial charge on any atom is -0.411 e. The molecule has 2 fully saturated rings. The van der Waals surface area contributed by atoms with Crippen molar-refractivity contribution in [2.45, 2.75) is 37.4 Å². The van der Waals surface area contributed by atoms with E-state index in [0.717, 1.165) is 18.6 Å². The molecule has 0 aromatic heterocycles. The maximum Gasteiger partial charge on any atom is 0.0746 e. The average molecular weight is 232 g/mol. The summed E-state index contributed by atoms with van der Waals surface area (Å²) in [5.74, 6) is 0.697. The van der Waals surface area contributed by atoms with Crippen molar-refractivity contribution in [1.82, 2.24) is 0 Å². The molecule has 2 nitrogen and oxygen atoms in total. The van der Waals surface area contributed by atoms with Gasteiger partial charge in [0.05, 0.1) is 10.0 Å². The van der Waals surface area contributed by atoms with Crippen LogP contribution in [0.4, 0.5) is 0 Å². The Morgan fingerprint density at radius 3 is 2.50 bits per heavy atom. The van der Waals surface area contributed by atoms with E-state index in [1.807, 2.05) is 0 Å². The molecule has 0 amide bonds. The molecule has 0 aliphatic heterocycles. The molecule has 3 heteroatoms. The topological polar surface area (TPSA) is 32.6 Å². The molecule has 1 N–H and O–H groups in total. The number of alkyl halides is 1. The lowest BCUT2D eigenvalue weighted by Gasteiger charge is -2.31. The van der Waals surface area contributed by atoms with Crippen LogP contribution in [0.15, 0.2) is 5.16 Å². The van der Waals surface area contributed by atoms with E-state index in [9.17, 15) is 0 Å². The summed E-state index contributed by atoms with van der Waals surface area (Å²) >= 11 is 3.74. The summed E-state index contributed by atoms with van der Waals surface area (Å²) in [6.45, 7) is 4.52. The van der Waals surface area contributed by atoms with Gasteiger partial charge in [-0.05, 0) is 30.6 Å². The van der Waals surface area contributed by atoms with Gasteiger partial charge in [-0.2, -0.15) is 0 Å². The van der Waals surface area contributed by atoms with Gasteiger partial charge in [-0.3, -0.25) is 0 Å². The first kappa shape index (κ1) is 8.54. The van der Waals surface area contributed by atoms with Crippen molar-refractivity contribution in [3.05, 3.63) is 0 Å². The summed E-state index contributed by atoms with van der Waals surface area (Å²) in [7, 11) is 0. The van der Waals surface area contributed by atoms with Gasteiger partial charge in [-0.15, -0.1) is 0 Å². The molecule has 2 unspecified atom stereocenters. The van der Waals surface area contributed by atoms with E-state index in [1.54, 1.807) is 0 Å². The van der Waals surface area contributed by atoms with Crippen molar-refractivity contribution >= 4 is 21.6 Å². The largest absolute Gasteiger partial charge is 0.411 e. The standard InChI is InChI=1S/C9H14BrNO/c1-8(2)6-3-4-9(8,10)7(5-6)11-12/h6,12H,3-5H2,1-2H3/b11-7+. The molecule has 2 saturated carbocycles. The fraction of sp³-hybridized carbons (Fsp3) is 0.889. The molecule has 68 valence electrons. The van der Waals surface area contributed by atoms with Crippen LogP contribution in [0.2, 0.25) is 0 Å². The fourth-order valence-electron chi connectivity index (χ4n) is 2.77. The number of fused-ring (bicyclic) bond motifs is 2. The zero-order chi connectivity index (χ0) is 8.98. The molecule has 2 atom stereocenters. The SMILES string of the molecule is CC1(C)C2CCC1(Br)/C(=N/O)C2. The van der Waals surface area contributed by atoms with Crippen LogP contribution in [0.3, 0.4) is 0 Å². The quantitative estimate of drug-likeness (QED) is 0.388. The summed E-state index contributed by atoms with van der Waals surface area (Å²) in [5.41, 5.74) is 1.21. The van der Waals surface area contributed by atoms with Crippen LogP contribution in [0.1, 0.15) is 33.1 Å². The van der Waals surface area contributed by atoms with Crippen LogP contribution in [0.5, 0.6) is 0 Å². The summed E-state index contributed by atoms with van der Waals surface area (Å²) in [4.78, 5) is 0. The van der Waals surface area contributed by atoms with Crippen molar-refractivity contribution in [1.29, 1.82) is 0 Å². The highest BCUT2D eigenvalue weighted by Crippen LogP contribution is 2.62. The maximum absolute atomic E-state index is 8.84. The van der Waals surface area contributed by atoms with E-state index in [2.05, 4.69) is 34.9 Å². The first-order valence-corrected chi connectivity index (χ1v) is 5.22. The summed E-state index contributed by atoms with van der Waals surface area (Å²) < 4.78 is -0.0145. The van der Waals surface area contributed by atoms with Crippen LogP contribution in [0, 0.1) is 11.3 Å². The third-order valence-electron chi connectivity index (χ3n) is 3.90. The Bertz CT molecular complexity index is 249. The van der Waals surface area contributed by atoms with E-state index < -0.39 is 0 Å². The minimum absolute atomic E-state index is 0.0145. The number of hydrogen-bond acceptors (Lipinski definition) is 2. The van der Waals surface area contributed by atoms with Gasteiger partial charge in [-0.25, -0.2) is 0 Å². The van der Waals surface area contributed by atoms with E-state index in [-0.39, 0.29) is 9.74 Å². The van der Waals surface area contributed by atoms with Gasteiger partial charge in [0.15, 0.2) is 0 Å². The van der Waals surface area contributed by atoms with Gasteiger partial charge >= 0.3 is 0 Å². The predicted molar refractivity (Wildman–Crippen MR) is 52.0 cm³/mol. The monoisotopic (exact) mass is 231 g/mol. The van der Waals surface area contributed by atoms with E-state index >= 15 is 0 Å². The Labute approximate surface area is 81.2 Å². The third-order valence-corrected chi connectivity index (χ3v) is 5.77. The number of oxime groups is 1. The first-order chi connectivity index (χ1) is 5.52.